The topological polar surface area (TPSA) is 25.2 Å². The SMILES string of the molecule is CNC(C)(Cc1ccco1)C(F)(F)F. The number of hydrogen-bond donors (Lipinski definition) is 1. The van der Waals surface area contributed by atoms with Gasteiger partial charge in [-0.3, -0.25) is 0 Å². The van der Waals surface area contributed by atoms with Crippen LogP contribution in [0.2, 0.25) is 0 Å². The number of likely N-dealkylation sites (N-methyl/N-ethyl adjacent to an activating group) is 1. The van der Waals surface area contributed by atoms with Crippen LogP contribution < -0.4 is 5.32 Å². The Bertz CT molecular complexity index is 281. The van der Waals surface area contributed by atoms with Gasteiger partial charge in [-0.1, -0.05) is 0 Å². The van der Waals surface area contributed by atoms with E-state index in [1.54, 1.807) is 6.07 Å². The van der Waals surface area contributed by atoms with Gasteiger partial charge in [0.1, 0.15) is 11.3 Å². The molecule has 0 saturated heterocycles. The molecule has 0 spiro atoms. The van der Waals surface area contributed by atoms with Gasteiger partial charge in [0.2, 0.25) is 0 Å². The zero-order chi connectivity index (χ0) is 10.8. The van der Waals surface area contributed by atoms with Gasteiger partial charge in [-0.05, 0) is 26.1 Å². The Labute approximate surface area is 80.1 Å². The third-order valence-corrected chi connectivity index (χ3v) is 2.29. The molecule has 0 bridgehead atoms. The van der Waals surface area contributed by atoms with E-state index in [-0.39, 0.29) is 6.42 Å². The molecule has 1 unspecified atom stereocenters. The van der Waals surface area contributed by atoms with Gasteiger partial charge in [0, 0.05) is 6.42 Å². The molecule has 0 amide bonds. The van der Waals surface area contributed by atoms with Gasteiger partial charge >= 0.3 is 6.18 Å². The second-order valence-corrected chi connectivity index (χ2v) is 3.34. The minimum Gasteiger partial charge on any atom is -0.469 e. The van der Waals surface area contributed by atoms with Crippen molar-refractivity contribution in [3.8, 4) is 0 Å². The summed E-state index contributed by atoms with van der Waals surface area (Å²) in [6.07, 6.45) is -3.14. The van der Waals surface area contributed by atoms with E-state index in [0.29, 0.717) is 5.76 Å². The number of hydrogen-bond acceptors (Lipinski definition) is 2. The molecule has 0 aliphatic carbocycles. The van der Waals surface area contributed by atoms with Crippen molar-refractivity contribution in [1.29, 1.82) is 0 Å². The molecule has 1 rings (SSSR count). The molecule has 14 heavy (non-hydrogen) atoms. The molecule has 2 nitrogen and oxygen atoms in total. The summed E-state index contributed by atoms with van der Waals surface area (Å²) in [4.78, 5) is 0. The van der Waals surface area contributed by atoms with Gasteiger partial charge in [-0.2, -0.15) is 13.2 Å². The van der Waals surface area contributed by atoms with Gasteiger partial charge < -0.3 is 9.73 Å². The zero-order valence-corrected chi connectivity index (χ0v) is 7.98. The lowest BCUT2D eigenvalue weighted by Gasteiger charge is -2.30. The van der Waals surface area contributed by atoms with Crippen molar-refractivity contribution in [3.05, 3.63) is 24.2 Å². The monoisotopic (exact) mass is 207 g/mol. The standard InChI is InChI=1S/C9H12F3NO/c1-8(13-2,9(10,11)12)6-7-4-3-5-14-7/h3-5,13H,6H2,1-2H3. The quantitative estimate of drug-likeness (QED) is 0.823. The van der Waals surface area contributed by atoms with Crippen LogP contribution in [0.1, 0.15) is 12.7 Å². The van der Waals surface area contributed by atoms with Crippen LogP contribution >= 0.6 is 0 Å². The lowest BCUT2D eigenvalue weighted by Crippen LogP contribution is -2.54. The zero-order valence-electron chi connectivity index (χ0n) is 7.98. The maximum atomic E-state index is 12.6. The molecule has 5 heteroatoms. The molecule has 0 radical (unpaired) electrons. The van der Waals surface area contributed by atoms with Gasteiger partial charge in [-0.25, -0.2) is 0 Å². The largest absolute Gasteiger partial charge is 0.469 e. The second-order valence-electron chi connectivity index (χ2n) is 3.34. The van der Waals surface area contributed by atoms with Crippen LogP contribution in [0.25, 0.3) is 0 Å². The highest BCUT2D eigenvalue weighted by Gasteiger charge is 2.50. The fourth-order valence-corrected chi connectivity index (χ4v) is 1.09. The summed E-state index contributed by atoms with van der Waals surface area (Å²) in [5.41, 5.74) is -1.94. The van der Waals surface area contributed by atoms with Gasteiger partial charge in [0.25, 0.3) is 0 Å². The van der Waals surface area contributed by atoms with E-state index in [1.807, 2.05) is 0 Å². The molecule has 1 N–H and O–H groups in total. The van der Waals surface area contributed by atoms with E-state index in [9.17, 15) is 13.2 Å². The smallest absolute Gasteiger partial charge is 0.406 e. The Balaban J connectivity index is 2.82. The summed E-state index contributed by atoms with van der Waals surface area (Å²) in [5, 5.41) is 2.27. The van der Waals surface area contributed by atoms with Crippen molar-refractivity contribution in [1.82, 2.24) is 5.32 Å². The summed E-state index contributed by atoms with van der Waals surface area (Å²) in [6, 6.07) is 3.10. The lowest BCUT2D eigenvalue weighted by molar-refractivity contribution is -0.190. The first-order valence-corrected chi connectivity index (χ1v) is 4.17. The van der Waals surface area contributed by atoms with Crippen LogP contribution in [0, 0.1) is 0 Å². The predicted molar refractivity (Wildman–Crippen MR) is 45.9 cm³/mol. The summed E-state index contributed by atoms with van der Waals surface area (Å²) in [7, 11) is 1.29. The van der Waals surface area contributed by atoms with Crippen LogP contribution in [-0.2, 0) is 6.42 Å². The third-order valence-electron chi connectivity index (χ3n) is 2.29. The number of rotatable bonds is 3. The van der Waals surface area contributed by atoms with Crippen molar-refractivity contribution < 1.29 is 17.6 Å². The second kappa shape index (κ2) is 3.65. The Morgan fingerprint density at radius 2 is 2.07 bits per heavy atom. The molecule has 0 aliphatic heterocycles. The normalized spacial score (nSPS) is 16.6. The number of halogens is 3. The van der Waals surface area contributed by atoms with Crippen molar-refractivity contribution in [2.45, 2.75) is 25.1 Å². The van der Waals surface area contributed by atoms with E-state index >= 15 is 0 Å². The minimum atomic E-state index is -4.30. The molecule has 0 aliphatic rings. The highest BCUT2D eigenvalue weighted by molar-refractivity contribution is 5.06. The third kappa shape index (κ3) is 2.09. The van der Waals surface area contributed by atoms with E-state index in [1.165, 1.54) is 19.4 Å². The lowest BCUT2D eigenvalue weighted by atomic mass is 9.96. The highest BCUT2D eigenvalue weighted by atomic mass is 19.4. The maximum absolute atomic E-state index is 12.6. The van der Waals surface area contributed by atoms with Crippen LogP contribution in [0.3, 0.4) is 0 Å². The van der Waals surface area contributed by atoms with Crippen LogP contribution in [0.4, 0.5) is 13.2 Å². The molecule has 0 saturated carbocycles. The van der Waals surface area contributed by atoms with Crippen molar-refractivity contribution in [3.63, 3.8) is 0 Å². The Morgan fingerprint density at radius 1 is 1.43 bits per heavy atom. The molecular formula is C9H12F3NO. The minimum absolute atomic E-state index is 0.208. The molecular weight excluding hydrogens is 195 g/mol. The first kappa shape index (κ1) is 11.1. The number of alkyl halides is 3. The highest BCUT2D eigenvalue weighted by Crippen LogP contribution is 2.32. The Hall–Kier alpha value is -0.970. The maximum Gasteiger partial charge on any atom is 0.406 e. The molecule has 1 aromatic rings. The summed E-state index contributed by atoms with van der Waals surface area (Å²) in [6.45, 7) is 1.11. The molecule has 0 fully saturated rings. The fraction of sp³-hybridized carbons (Fsp3) is 0.556. The molecule has 1 heterocycles. The molecule has 0 aromatic carbocycles. The summed E-state index contributed by atoms with van der Waals surface area (Å²) in [5.74, 6) is 0.319. The average molecular weight is 207 g/mol. The van der Waals surface area contributed by atoms with Crippen LogP contribution in [0.15, 0.2) is 22.8 Å². The van der Waals surface area contributed by atoms with Gasteiger partial charge in [-0.15, -0.1) is 0 Å². The van der Waals surface area contributed by atoms with E-state index in [4.69, 9.17) is 4.42 Å². The van der Waals surface area contributed by atoms with Crippen molar-refractivity contribution in [2.75, 3.05) is 7.05 Å². The molecule has 1 aromatic heterocycles. The average Bonchev–Trinajstić information content (AvgIpc) is 2.54. The van der Waals surface area contributed by atoms with Crippen LogP contribution in [0.5, 0.6) is 0 Å². The Kier molecular flexibility index (Phi) is 2.89. The fourth-order valence-electron chi connectivity index (χ4n) is 1.09. The molecule has 80 valence electrons. The van der Waals surface area contributed by atoms with Crippen molar-refractivity contribution >= 4 is 0 Å². The first-order valence-electron chi connectivity index (χ1n) is 4.17. The summed E-state index contributed by atoms with van der Waals surface area (Å²) < 4.78 is 42.7. The Morgan fingerprint density at radius 3 is 2.43 bits per heavy atom. The first-order chi connectivity index (χ1) is 6.39. The number of nitrogens with one attached hydrogen (secondary N) is 1. The molecule has 1 atom stereocenters. The van der Waals surface area contributed by atoms with Crippen LogP contribution in [-0.4, -0.2) is 18.8 Å². The van der Waals surface area contributed by atoms with Gasteiger partial charge in [0.15, 0.2) is 0 Å². The van der Waals surface area contributed by atoms with E-state index in [2.05, 4.69) is 5.32 Å². The predicted octanol–water partition coefficient (Wildman–Crippen LogP) is 2.36. The van der Waals surface area contributed by atoms with E-state index < -0.39 is 11.7 Å². The van der Waals surface area contributed by atoms with Gasteiger partial charge in [0.05, 0.1) is 6.26 Å². The number of furan rings is 1. The van der Waals surface area contributed by atoms with E-state index in [0.717, 1.165) is 6.92 Å². The van der Waals surface area contributed by atoms with Crippen molar-refractivity contribution in [2.24, 2.45) is 0 Å². The summed E-state index contributed by atoms with van der Waals surface area (Å²) >= 11 is 0.